The van der Waals surface area contributed by atoms with Gasteiger partial charge in [0.15, 0.2) is 5.82 Å². The second kappa shape index (κ2) is 12.0. The van der Waals surface area contributed by atoms with Gasteiger partial charge in [-0.3, -0.25) is 9.59 Å². The lowest BCUT2D eigenvalue weighted by atomic mass is 10.2. The van der Waals surface area contributed by atoms with Crippen LogP contribution in [0.3, 0.4) is 0 Å². The lowest BCUT2D eigenvalue weighted by Gasteiger charge is -2.22. The van der Waals surface area contributed by atoms with Crippen molar-refractivity contribution in [1.82, 2.24) is 20.6 Å². The van der Waals surface area contributed by atoms with E-state index in [-0.39, 0.29) is 6.54 Å². The summed E-state index contributed by atoms with van der Waals surface area (Å²) in [6, 6.07) is 14.0. The van der Waals surface area contributed by atoms with Gasteiger partial charge in [-0.25, -0.2) is 14.8 Å². The lowest BCUT2D eigenvalue weighted by molar-refractivity contribution is -0.127. The van der Waals surface area contributed by atoms with Gasteiger partial charge in [0.1, 0.15) is 23.2 Å². The van der Waals surface area contributed by atoms with Gasteiger partial charge in [-0.2, -0.15) is 0 Å². The molecule has 0 aliphatic heterocycles. The Morgan fingerprint density at radius 3 is 2.35 bits per heavy atom. The zero-order chi connectivity index (χ0) is 27.0. The number of carbonyl (C=O) groups is 3. The van der Waals surface area contributed by atoms with Crippen LogP contribution in [-0.2, 0) is 27.4 Å². The van der Waals surface area contributed by atoms with Crippen LogP contribution in [0.2, 0.25) is 0 Å². The Balaban J connectivity index is 1.73. The Morgan fingerprint density at radius 1 is 1.00 bits per heavy atom. The van der Waals surface area contributed by atoms with Crippen LogP contribution in [0.15, 0.2) is 48.5 Å². The summed E-state index contributed by atoms with van der Waals surface area (Å²) in [5.41, 5.74) is 6.22. The number of fused-ring (bicyclic) bond motifs is 1. The maximum Gasteiger partial charge on any atom is 0.408 e. The number of hydrogen-bond donors (Lipinski definition) is 4. The minimum atomic E-state index is -1.21. The number of nitrogens with one attached hydrogen (secondary N) is 3. The van der Waals surface area contributed by atoms with E-state index in [1.54, 1.807) is 27.9 Å². The predicted octanol–water partition coefficient (Wildman–Crippen LogP) is 2.64. The fourth-order valence-corrected chi connectivity index (χ4v) is 3.42. The summed E-state index contributed by atoms with van der Waals surface area (Å²) in [4.78, 5) is 45.5. The average Bonchev–Trinajstić information content (AvgIpc) is 2.84. The second-order valence-electron chi connectivity index (χ2n) is 9.29. The first-order valence-electron chi connectivity index (χ1n) is 11.7. The molecule has 0 fully saturated rings. The SMILES string of the molecule is COc1ccc(CNc2nc(CNC(=O)[C@H](CC(N)=O)NC(=O)OC(C)(C)C)nc3ccccc23)cc1. The van der Waals surface area contributed by atoms with Gasteiger partial charge in [0.05, 0.1) is 25.6 Å². The number of aromatic nitrogens is 2. The predicted molar refractivity (Wildman–Crippen MR) is 139 cm³/mol. The molecule has 5 N–H and O–H groups in total. The summed E-state index contributed by atoms with van der Waals surface area (Å²) >= 11 is 0. The molecule has 3 aromatic rings. The molecule has 3 rings (SSSR count). The van der Waals surface area contributed by atoms with Crippen LogP contribution < -0.4 is 26.4 Å². The van der Waals surface area contributed by atoms with Crippen molar-refractivity contribution in [3.63, 3.8) is 0 Å². The number of nitrogens with zero attached hydrogens (tertiary/aromatic N) is 2. The Labute approximate surface area is 215 Å². The molecule has 0 radical (unpaired) electrons. The quantitative estimate of drug-likeness (QED) is 0.325. The molecule has 0 aliphatic rings. The molecule has 0 aliphatic carbocycles. The molecule has 0 bridgehead atoms. The smallest absolute Gasteiger partial charge is 0.408 e. The molecule has 0 unspecified atom stereocenters. The highest BCUT2D eigenvalue weighted by atomic mass is 16.6. The molecule has 0 saturated carbocycles. The summed E-state index contributed by atoms with van der Waals surface area (Å²) in [5, 5.41) is 9.21. The summed E-state index contributed by atoms with van der Waals surface area (Å²) < 4.78 is 10.4. The van der Waals surface area contributed by atoms with E-state index in [0.29, 0.717) is 23.7 Å². The van der Waals surface area contributed by atoms with Crippen molar-refractivity contribution in [2.24, 2.45) is 5.73 Å². The zero-order valence-corrected chi connectivity index (χ0v) is 21.3. The fourth-order valence-electron chi connectivity index (χ4n) is 3.42. The number of alkyl carbamates (subject to hydrolysis) is 1. The minimum Gasteiger partial charge on any atom is -0.497 e. The molecule has 2 aromatic carbocycles. The number of primary amides is 1. The number of methoxy groups -OCH3 is 1. The van der Waals surface area contributed by atoms with Crippen molar-refractivity contribution in [1.29, 1.82) is 0 Å². The van der Waals surface area contributed by atoms with E-state index in [9.17, 15) is 14.4 Å². The molecule has 0 spiro atoms. The van der Waals surface area contributed by atoms with Crippen LogP contribution in [0, 0.1) is 0 Å². The Kier molecular flexibility index (Phi) is 8.83. The van der Waals surface area contributed by atoms with Crippen LogP contribution in [0.1, 0.15) is 38.6 Å². The second-order valence-corrected chi connectivity index (χ2v) is 9.29. The number of rotatable bonds is 10. The van der Waals surface area contributed by atoms with Gasteiger partial charge in [-0.1, -0.05) is 24.3 Å². The molecule has 0 saturated heterocycles. The average molecular weight is 509 g/mol. The van der Waals surface area contributed by atoms with E-state index in [1.165, 1.54) is 0 Å². The minimum absolute atomic E-state index is 0.0356. The van der Waals surface area contributed by atoms with Crippen LogP contribution in [0.5, 0.6) is 5.75 Å². The van der Waals surface area contributed by atoms with Crippen LogP contribution in [-0.4, -0.2) is 46.6 Å². The highest BCUT2D eigenvalue weighted by Gasteiger charge is 2.26. The van der Waals surface area contributed by atoms with Gasteiger partial charge < -0.3 is 31.2 Å². The van der Waals surface area contributed by atoms with Crippen molar-refractivity contribution in [2.75, 3.05) is 12.4 Å². The van der Waals surface area contributed by atoms with E-state index >= 15 is 0 Å². The molecule has 11 heteroatoms. The van der Waals surface area contributed by atoms with E-state index in [2.05, 4.69) is 25.9 Å². The van der Waals surface area contributed by atoms with Crippen LogP contribution in [0.4, 0.5) is 10.6 Å². The summed E-state index contributed by atoms with van der Waals surface area (Å²) in [5.74, 6) is 0.355. The molecule has 196 valence electrons. The molecular formula is C26H32N6O5. The first-order chi connectivity index (χ1) is 17.5. The number of nitrogens with two attached hydrogens (primary N) is 1. The number of hydrogen-bond acceptors (Lipinski definition) is 8. The number of ether oxygens (including phenoxy) is 2. The van der Waals surface area contributed by atoms with Crippen LogP contribution in [0.25, 0.3) is 10.9 Å². The number of benzene rings is 2. The molecular weight excluding hydrogens is 476 g/mol. The fraction of sp³-hybridized carbons (Fsp3) is 0.346. The highest BCUT2D eigenvalue weighted by Crippen LogP contribution is 2.21. The molecule has 1 aromatic heterocycles. The van der Waals surface area contributed by atoms with E-state index < -0.39 is 36.0 Å². The lowest BCUT2D eigenvalue weighted by Crippen LogP contribution is -2.49. The van der Waals surface area contributed by atoms with Crippen molar-refractivity contribution in [2.45, 2.75) is 51.9 Å². The van der Waals surface area contributed by atoms with Gasteiger partial charge in [-0.05, 0) is 50.6 Å². The van der Waals surface area contributed by atoms with Crippen molar-refractivity contribution >= 4 is 34.6 Å². The zero-order valence-electron chi connectivity index (χ0n) is 21.3. The molecule has 1 atom stereocenters. The third kappa shape index (κ3) is 8.34. The normalized spacial score (nSPS) is 11.9. The Morgan fingerprint density at radius 2 is 1.70 bits per heavy atom. The largest absolute Gasteiger partial charge is 0.497 e. The topological polar surface area (TPSA) is 158 Å². The Hall–Kier alpha value is -4.41. The molecule has 1 heterocycles. The van der Waals surface area contributed by atoms with Gasteiger partial charge >= 0.3 is 6.09 Å². The van der Waals surface area contributed by atoms with E-state index in [0.717, 1.165) is 16.7 Å². The summed E-state index contributed by atoms with van der Waals surface area (Å²) in [6.07, 6.45) is -1.22. The third-order valence-electron chi connectivity index (χ3n) is 5.10. The summed E-state index contributed by atoms with van der Waals surface area (Å²) in [7, 11) is 1.62. The number of amides is 3. The standard InChI is InChI=1S/C26H32N6O5/c1-26(2,3)37-25(35)31-20(13-21(27)33)24(34)29-15-22-30-19-8-6-5-7-18(19)23(32-22)28-14-16-9-11-17(36-4)12-10-16/h5-12,20H,13-15H2,1-4H3,(H2,27,33)(H,29,34)(H,31,35)(H,28,30,32)/t20-/m0/s1. The number of anilines is 1. The van der Waals surface area contributed by atoms with E-state index in [1.807, 2.05) is 48.5 Å². The van der Waals surface area contributed by atoms with Gasteiger partial charge in [0.2, 0.25) is 11.8 Å². The Bertz CT molecular complexity index is 1260. The van der Waals surface area contributed by atoms with Crippen molar-refractivity contribution < 1.29 is 23.9 Å². The van der Waals surface area contributed by atoms with Gasteiger partial charge in [0.25, 0.3) is 0 Å². The maximum absolute atomic E-state index is 12.8. The molecule has 37 heavy (non-hydrogen) atoms. The van der Waals surface area contributed by atoms with E-state index in [4.69, 9.17) is 15.2 Å². The highest BCUT2D eigenvalue weighted by molar-refractivity contribution is 5.91. The third-order valence-corrected chi connectivity index (χ3v) is 5.10. The first-order valence-corrected chi connectivity index (χ1v) is 11.7. The van der Waals surface area contributed by atoms with Gasteiger partial charge in [-0.15, -0.1) is 0 Å². The first kappa shape index (κ1) is 27.2. The molecule has 11 nitrogen and oxygen atoms in total. The van der Waals surface area contributed by atoms with Crippen LogP contribution >= 0.6 is 0 Å². The van der Waals surface area contributed by atoms with Gasteiger partial charge in [0, 0.05) is 11.9 Å². The molecule has 3 amide bonds. The van der Waals surface area contributed by atoms with Crippen molar-refractivity contribution in [3.05, 3.63) is 59.9 Å². The maximum atomic E-state index is 12.8. The van der Waals surface area contributed by atoms with Crippen molar-refractivity contribution in [3.8, 4) is 5.75 Å². The number of para-hydroxylation sites is 1. The number of carbonyl (C=O) groups excluding carboxylic acids is 3. The monoisotopic (exact) mass is 508 g/mol. The summed E-state index contributed by atoms with van der Waals surface area (Å²) in [6.45, 7) is 5.54.